The fourth-order valence-corrected chi connectivity index (χ4v) is 1.78. The second-order valence-electron chi connectivity index (χ2n) is 3.76. The van der Waals surface area contributed by atoms with Crippen LogP contribution in [0.15, 0.2) is 0 Å². The van der Waals surface area contributed by atoms with Gasteiger partial charge in [-0.3, -0.25) is 4.79 Å². The van der Waals surface area contributed by atoms with E-state index in [9.17, 15) is 4.79 Å². The van der Waals surface area contributed by atoms with Gasteiger partial charge in [0.05, 0.1) is 6.54 Å². The molecule has 0 unspecified atom stereocenters. The molecule has 13 heavy (non-hydrogen) atoms. The summed E-state index contributed by atoms with van der Waals surface area (Å²) in [6, 6.07) is 0.528. The van der Waals surface area contributed by atoms with E-state index in [0.29, 0.717) is 6.04 Å². The smallest absolute Gasteiger partial charge is 0.236 e. The third-order valence-corrected chi connectivity index (χ3v) is 2.76. The topological polar surface area (TPSA) is 49.6 Å². The van der Waals surface area contributed by atoms with Gasteiger partial charge in [-0.25, -0.2) is 0 Å². The molecule has 0 saturated carbocycles. The maximum atomic E-state index is 11.2. The Morgan fingerprint density at radius 3 is 2.85 bits per heavy atom. The van der Waals surface area contributed by atoms with Crippen molar-refractivity contribution in [3.05, 3.63) is 0 Å². The number of hydrogen-bond acceptors (Lipinski definition) is 3. The van der Waals surface area contributed by atoms with Gasteiger partial charge in [-0.05, 0) is 26.4 Å². The first kappa shape index (κ1) is 10.5. The fraction of sp³-hybridized carbons (Fsp3) is 0.889. The van der Waals surface area contributed by atoms with Crippen molar-refractivity contribution in [1.82, 2.24) is 9.80 Å². The number of hydrogen-bond donors (Lipinski definition) is 1. The summed E-state index contributed by atoms with van der Waals surface area (Å²) in [5.41, 5.74) is 5.28. The highest BCUT2D eigenvalue weighted by atomic mass is 16.2. The number of likely N-dealkylation sites (tertiary alicyclic amines) is 1. The zero-order valence-corrected chi connectivity index (χ0v) is 8.49. The largest absolute Gasteiger partial charge is 0.343 e. The first-order chi connectivity index (χ1) is 6.15. The molecule has 1 aliphatic heterocycles. The van der Waals surface area contributed by atoms with Crippen molar-refractivity contribution in [2.75, 3.05) is 33.7 Å². The lowest BCUT2D eigenvalue weighted by molar-refractivity contribution is -0.128. The number of amides is 1. The quantitative estimate of drug-likeness (QED) is 0.645. The molecule has 1 fully saturated rings. The number of nitrogens with two attached hydrogens (primary N) is 1. The first-order valence-corrected chi connectivity index (χ1v) is 4.79. The van der Waals surface area contributed by atoms with Crippen molar-refractivity contribution in [3.63, 3.8) is 0 Å². The zero-order chi connectivity index (χ0) is 9.84. The maximum Gasteiger partial charge on any atom is 0.236 e. The van der Waals surface area contributed by atoms with Crippen LogP contribution in [0.4, 0.5) is 0 Å². The summed E-state index contributed by atoms with van der Waals surface area (Å²) in [5, 5.41) is 0. The Kier molecular flexibility index (Phi) is 3.69. The Hall–Kier alpha value is -0.610. The second-order valence-corrected chi connectivity index (χ2v) is 3.76. The molecule has 0 aromatic rings. The molecular weight excluding hydrogens is 166 g/mol. The minimum atomic E-state index is 0.0281. The first-order valence-electron chi connectivity index (χ1n) is 4.79. The van der Waals surface area contributed by atoms with Crippen molar-refractivity contribution >= 4 is 5.91 Å². The lowest BCUT2D eigenvalue weighted by Crippen LogP contribution is -2.41. The van der Waals surface area contributed by atoms with Crippen molar-refractivity contribution in [2.45, 2.75) is 18.9 Å². The van der Waals surface area contributed by atoms with E-state index in [-0.39, 0.29) is 12.5 Å². The van der Waals surface area contributed by atoms with E-state index in [1.807, 2.05) is 7.05 Å². The molecule has 0 aromatic heterocycles. The standard InChI is InChI=1S/C9H19N3O/c1-11-5-3-4-8(11)7-12(2)9(13)6-10/h8H,3-7,10H2,1-2H3/t8-/m1/s1. The minimum absolute atomic E-state index is 0.0281. The number of carbonyl (C=O) groups excluding carboxylic acids is 1. The van der Waals surface area contributed by atoms with Gasteiger partial charge < -0.3 is 15.5 Å². The van der Waals surface area contributed by atoms with Crippen LogP contribution >= 0.6 is 0 Å². The van der Waals surface area contributed by atoms with Gasteiger partial charge in [-0.2, -0.15) is 0 Å². The zero-order valence-electron chi connectivity index (χ0n) is 8.49. The molecule has 1 heterocycles. The molecule has 76 valence electrons. The summed E-state index contributed by atoms with van der Waals surface area (Å²) in [7, 11) is 3.93. The predicted octanol–water partition coefficient (Wildman–Crippen LogP) is -0.502. The summed E-state index contributed by atoms with van der Waals surface area (Å²) in [4.78, 5) is 15.2. The van der Waals surface area contributed by atoms with Gasteiger partial charge in [0.25, 0.3) is 0 Å². The number of likely N-dealkylation sites (N-methyl/N-ethyl adjacent to an activating group) is 2. The Labute approximate surface area is 79.7 Å². The molecule has 1 atom stereocenters. The Balaban J connectivity index is 2.34. The Morgan fingerprint density at radius 2 is 2.38 bits per heavy atom. The molecule has 0 spiro atoms. The summed E-state index contributed by atoms with van der Waals surface area (Å²) >= 11 is 0. The summed E-state index contributed by atoms with van der Waals surface area (Å²) in [6.07, 6.45) is 2.44. The van der Waals surface area contributed by atoms with Gasteiger partial charge in [0.1, 0.15) is 0 Å². The highest BCUT2D eigenvalue weighted by Gasteiger charge is 2.23. The Bertz CT molecular complexity index is 184. The third kappa shape index (κ3) is 2.67. The second kappa shape index (κ2) is 4.58. The van der Waals surface area contributed by atoms with Crippen LogP contribution in [-0.2, 0) is 4.79 Å². The van der Waals surface area contributed by atoms with E-state index >= 15 is 0 Å². The molecule has 0 aromatic carbocycles. The number of rotatable bonds is 3. The van der Waals surface area contributed by atoms with Crippen LogP contribution in [0.5, 0.6) is 0 Å². The van der Waals surface area contributed by atoms with Crippen molar-refractivity contribution in [2.24, 2.45) is 5.73 Å². The van der Waals surface area contributed by atoms with Crippen LogP contribution < -0.4 is 5.73 Å². The molecule has 0 radical (unpaired) electrons. The van der Waals surface area contributed by atoms with E-state index in [2.05, 4.69) is 11.9 Å². The highest BCUT2D eigenvalue weighted by Crippen LogP contribution is 2.15. The van der Waals surface area contributed by atoms with Crippen LogP contribution in [0.25, 0.3) is 0 Å². The lowest BCUT2D eigenvalue weighted by atomic mass is 10.2. The average molecular weight is 185 g/mol. The van der Waals surface area contributed by atoms with Crippen LogP contribution in [-0.4, -0.2) is 55.5 Å². The Morgan fingerprint density at radius 1 is 1.69 bits per heavy atom. The van der Waals surface area contributed by atoms with E-state index in [4.69, 9.17) is 5.73 Å². The van der Waals surface area contributed by atoms with E-state index in [0.717, 1.165) is 13.1 Å². The monoisotopic (exact) mass is 185 g/mol. The third-order valence-electron chi connectivity index (χ3n) is 2.76. The lowest BCUT2D eigenvalue weighted by Gasteiger charge is -2.25. The van der Waals surface area contributed by atoms with E-state index in [1.54, 1.807) is 4.90 Å². The molecule has 1 saturated heterocycles. The van der Waals surface area contributed by atoms with Gasteiger partial charge >= 0.3 is 0 Å². The van der Waals surface area contributed by atoms with Gasteiger partial charge in [-0.15, -0.1) is 0 Å². The molecular formula is C9H19N3O. The van der Waals surface area contributed by atoms with E-state index < -0.39 is 0 Å². The van der Waals surface area contributed by atoms with E-state index in [1.165, 1.54) is 12.8 Å². The van der Waals surface area contributed by atoms with Gasteiger partial charge in [0.15, 0.2) is 0 Å². The number of nitrogens with zero attached hydrogens (tertiary/aromatic N) is 2. The highest BCUT2D eigenvalue weighted by molar-refractivity contribution is 5.77. The molecule has 1 amide bonds. The van der Waals surface area contributed by atoms with Gasteiger partial charge in [0.2, 0.25) is 5.91 Å². The normalized spacial score (nSPS) is 23.5. The fourth-order valence-electron chi connectivity index (χ4n) is 1.78. The average Bonchev–Trinajstić information content (AvgIpc) is 2.50. The summed E-state index contributed by atoms with van der Waals surface area (Å²) < 4.78 is 0. The molecule has 4 heteroatoms. The van der Waals surface area contributed by atoms with Gasteiger partial charge in [-0.1, -0.05) is 0 Å². The summed E-state index contributed by atoms with van der Waals surface area (Å²) in [5.74, 6) is 0.0281. The predicted molar refractivity (Wildman–Crippen MR) is 52.3 cm³/mol. The minimum Gasteiger partial charge on any atom is -0.343 e. The van der Waals surface area contributed by atoms with Crippen LogP contribution in [0.1, 0.15) is 12.8 Å². The molecule has 0 aliphatic carbocycles. The van der Waals surface area contributed by atoms with Crippen LogP contribution in [0.2, 0.25) is 0 Å². The van der Waals surface area contributed by atoms with Crippen molar-refractivity contribution in [3.8, 4) is 0 Å². The maximum absolute atomic E-state index is 11.2. The number of carbonyl (C=O) groups is 1. The van der Waals surface area contributed by atoms with Crippen LogP contribution in [0.3, 0.4) is 0 Å². The SMILES string of the molecule is CN(C[C@H]1CCCN1C)C(=O)CN. The van der Waals surface area contributed by atoms with Gasteiger partial charge in [0, 0.05) is 19.6 Å². The molecule has 1 aliphatic rings. The summed E-state index contributed by atoms with van der Waals surface area (Å²) in [6.45, 7) is 2.08. The molecule has 4 nitrogen and oxygen atoms in total. The molecule has 1 rings (SSSR count). The van der Waals surface area contributed by atoms with Crippen molar-refractivity contribution in [1.29, 1.82) is 0 Å². The molecule has 0 bridgehead atoms. The van der Waals surface area contributed by atoms with Crippen molar-refractivity contribution < 1.29 is 4.79 Å². The molecule has 2 N–H and O–H groups in total. The van der Waals surface area contributed by atoms with Crippen LogP contribution in [0, 0.1) is 0 Å².